The fraction of sp³-hybridized carbons (Fsp3) is 0.222. The van der Waals surface area contributed by atoms with Gasteiger partial charge in [0.1, 0.15) is 5.75 Å². The van der Waals surface area contributed by atoms with Gasteiger partial charge in [-0.05, 0) is 17.7 Å². The van der Waals surface area contributed by atoms with E-state index in [2.05, 4.69) is 10.6 Å². The number of halogens is 2. The van der Waals surface area contributed by atoms with Gasteiger partial charge >= 0.3 is 12.0 Å². The number of carbonyl (C=O) groups excluding carboxylic acids is 1. The largest absolute Gasteiger partial charge is 0.483 e. The van der Waals surface area contributed by atoms with E-state index in [1.54, 1.807) is 0 Å². The van der Waals surface area contributed by atoms with Crippen LogP contribution in [0.5, 0.6) is 5.75 Å². The predicted octanol–water partition coefficient (Wildman–Crippen LogP) is 0.140. The van der Waals surface area contributed by atoms with Crippen LogP contribution in [0.1, 0.15) is 5.56 Å². The van der Waals surface area contributed by atoms with Gasteiger partial charge in [-0.2, -0.15) is 8.78 Å². The second-order valence-electron chi connectivity index (χ2n) is 2.90. The van der Waals surface area contributed by atoms with Gasteiger partial charge in [0.05, 0.1) is 6.61 Å². The van der Waals surface area contributed by atoms with E-state index in [0.717, 1.165) is 0 Å². The first-order valence-electron chi connectivity index (χ1n) is 4.27. The molecule has 7 heteroatoms. The Balaban J connectivity index is 2.83. The fourth-order valence-corrected chi connectivity index (χ4v) is 0.986. The first-order chi connectivity index (χ1) is 7.49. The van der Waals surface area contributed by atoms with Gasteiger partial charge in [-0.3, -0.25) is 10.2 Å². The fourth-order valence-electron chi connectivity index (χ4n) is 0.986. The molecule has 0 heterocycles. The molecule has 88 valence electrons. The van der Waals surface area contributed by atoms with Crippen LogP contribution in [0.4, 0.5) is 8.78 Å². The van der Waals surface area contributed by atoms with Crippen LogP contribution in [-0.4, -0.2) is 17.1 Å². The molecule has 1 amide bonds. The van der Waals surface area contributed by atoms with E-state index >= 15 is 0 Å². The Bertz CT molecular complexity index is 385. The van der Waals surface area contributed by atoms with Gasteiger partial charge < -0.3 is 9.84 Å². The molecule has 0 atom stereocenters. The molecule has 16 heavy (non-hydrogen) atoms. The maximum absolute atomic E-state index is 13.0. The maximum atomic E-state index is 13.0. The molecule has 1 rings (SSSR count). The van der Waals surface area contributed by atoms with Crippen LogP contribution in [0, 0.1) is 0 Å². The highest BCUT2D eigenvalue weighted by Gasteiger charge is 2.41. The molecule has 4 N–H and O–H groups in total. The van der Waals surface area contributed by atoms with Crippen LogP contribution >= 0.6 is 0 Å². The standard InChI is InChI=1S/C9H10F2N2O3/c10-9(11,8(15)13-12)16-7-3-1-2-6(4-7)5-14/h1-4,14H,5,12H2,(H,13,15). The number of nitrogens with two attached hydrogens (primary N) is 1. The first kappa shape index (κ1) is 12.3. The third-order valence-electron chi connectivity index (χ3n) is 1.72. The molecule has 0 spiro atoms. The highest BCUT2D eigenvalue weighted by Crippen LogP contribution is 2.22. The van der Waals surface area contributed by atoms with Gasteiger partial charge in [0, 0.05) is 0 Å². The highest BCUT2D eigenvalue weighted by molar-refractivity contribution is 5.81. The quantitative estimate of drug-likeness (QED) is 0.391. The normalized spacial score (nSPS) is 11.0. The number of alkyl halides is 2. The molecule has 0 saturated heterocycles. The molecular weight excluding hydrogens is 222 g/mol. The number of amides is 1. The van der Waals surface area contributed by atoms with Crippen LogP contribution in [0.15, 0.2) is 24.3 Å². The molecule has 0 aliphatic heterocycles. The second-order valence-corrected chi connectivity index (χ2v) is 2.90. The van der Waals surface area contributed by atoms with Crippen LogP contribution in [-0.2, 0) is 11.4 Å². The van der Waals surface area contributed by atoms with Crippen molar-refractivity contribution in [3.05, 3.63) is 29.8 Å². The Hall–Kier alpha value is -1.73. The summed E-state index contributed by atoms with van der Waals surface area (Å²) in [6, 6.07) is 5.36. The number of carbonyl (C=O) groups is 1. The zero-order valence-electron chi connectivity index (χ0n) is 8.11. The van der Waals surface area contributed by atoms with E-state index in [0.29, 0.717) is 5.56 Å². The van der Waals surface area contributed by atoms with Crippen molar-refractivity contribution in [1.29, 1.82) is 0 Å². The molecule has 0 aliphatic carbocycles. The topological polar surface area (TPSA) is 84.6 Å². The number of nitrogens with one attached hydrogen (secondary N) is 1. The van der Waals surface area contributed by atoms with Gasteiger partial charge in [-0.25, -0.2) is 5.84 Å². The Labute approximate surface area is 89.8 Å². The number of hydrogen-bond donors (Lipinski definition) is 3. The summed E-state index contributed by atoms with van der Waals surface area (Å²) in [5, 5.41) is 8.77. The van der Waals surface area contributed by atoms with E-state index in [-0.39, 0.29) is 12.4 Å². The van der Waals surface area contributed by atoms with Crippen molar-refractivity contribution in [3.63, 3.8) is 0 Å². The van der Waals surface area contributed by atoms with E-state index in [4.69, 9.17) is 5.11 Å². The summed E-state index contributed by atoms with van der Waals surface area (Å²) >= 11 is 0. The van der Waals surface area contributed by atoms with Gasteiger partial charge in [0.2, 0.25) is 0 Å². The van der Waals surface area contributed by atoms with Crippen molar-refractivity contribution in [1.82, 2.24) is 5.43 Å². The van der Waals surface area contributed by atoms with E-state index in [1.165, 1.54) is 29.7 Å². The van der Waals surface area contributed by atoms with Crippen LogP contribution in [0.3, 0.4) is 0 Å². The number of benzene rings is 1. The minimum Gasteiger partial charge on any atom is -0.425 e. The summed E-state index contributed by atoms with van der Waals surface area (Å²) in [6.07, 6.45) is -4.05. The van der Waals surface area contributed by atoms with E-state index < -0.39 is 12.0 Å². The number of hydrogen-bond acceptors (Lipinski definition) is 4. The lowest BCUT2D eigenvalue weighted by Crippen LogP contribution is -2.47. The minimum atomic E-state index is -4.05. The van der Waals surface area contributed by atoms with Gasteiger partial charge in [-0.1, -0.05) is 12.1 Å². The maximum Gasteiger partial charge on any atom is 0.483 e. The van der Waals surface area contributed by atoms with Crippen LogP contribution in [0.2, 0.25) is 0 Å². The average Bonchev–Trinajstić information content (AvgIpc) is 2.27. The van der Waals surface area contributed by atoms with Crippen molar-refractivity contribution >= 4 is 5.91 Å². The Morgan fingerprint density at radius 2 is 2.25 bits per heavy atom. The summed E-state index contributed by atoms with van der Waals surface area (Å²) in [5.41, 5.74) is 1.68. The lowest BCUT2D eigenvalue weighted by molar-refractivity contribution is -0.192. The molecule has 0 bridgehead atoms. The summed E-state index contributed by atoms with van der Waals surface area (Å²) in [6.45, 7) is -0.314. The monoisotopic (exact) mass is 232 g/mol. The molecule has 0 fully saturated rings. The molecule has 1 aromatic carbocycles. The molecule has 0 unspecified atom stereocenters. The highest BCUT2D eigenvalue weighted by atomic mass is 19.3. The third-order valence-corrected chi connectivity index (χ3v) is 1.72. The third kappa shape index (κ3) is 2.88. The Kier molecular flexibility index (Phi) is 3.75. The number of aliphatic hydroxyl groups excluding tert-OH is 1. The van der Waals surface area contributed by atoms with Gasteiger partial charge in [0.15, 0.2) is 0 Å². The van der Waals surface area contributed by atoms with Gasteiger partial charge in [-0.15, -0.1) is 0 Å². The summed E-state index contributed by atoms with van der Waals surface area (Å²) in [4.78, 5) is 10.6. The van der Waals surface area contributed by atoms with Crippen LogP contribution in [0.25, 0.3) is 0 Å². The zero-order chi connectivity index (χ0) is 12.2. The van der Waals surface area contributed by atoms with Crippen molar-refractivity contribution in [2.24, 2.45) is 5.84 Å². The summed E-state index contributed by atoms with van der Waals surface area (Å²) < 4.78 is 30.1. The molecule has 0 saturated carbocycles. The van der Waals surface area contributed by atoms with Crippen molar-refractivity contribution < 1.29 is 23.4 Å². The molecule has 0 aromatic heterocycles. The predicted molar refractivity (Wildman–Crippen MR) is 50.3 cm³/mol. The average molecular weight is 232 g/mol. The van der Waals surface area contributed by atoms with Gasteiger partial charge in [0.25, 0.3) is 0 Å². The summed E-state index contributed by atoms with van der Waals surface area (Å²) in [5.74, 6) is 2.58. The lowest BCUT2D eigenvalue weighted by atomic mass is 10.2. The van der Waals surface area contributed by atoms with E-state index in [9.17, 15) is 13.6 Å². The SMILES string of the molecule is NNC(=O)C(F)(F)Oc1cccc(CO)c1. The molecule has 5 nitrogen and oxygen atoms in total. The number of aliphatic hydroxyl groups is 1. The number of rotatable bonds is 4. The summed E-state index contributed by atoms with van der Waals surface area (Å²) in [7, 11) is 0. The zero-order valence-corrected chi connectivity index (χ0v) is 8.11. The second kappa shape index (κ2) is 4.86. The first-order valence-corrected chi connectivity index (χ1v) is 4.27. The van der Waals surface area contributed by atoms with Crippen molar-refractivity contribution in [3.8, 4) is 5.75 Å². The Morgan fingerprint density at radius 1 is 1.56 bits per heavy atom. The van der Waals surface area contributed by atoms with Crippen molar-refractivity contribution in [2.75, 3.05) is 0 Å². The minimum absolute atomic E-state index is 0.236. The molecule has 1 aromatic rings. The van der Waals surface area contributed by atoms with E-state index in [1.807, 2.05) is 0 Å². The smallest absolute Gasteiger partial charge is 0.425 e. The Morgan fingerprint density at radius 3 is 2.81 bits per heavy atom. The molecule has 0 radical (unpaired) electrons. The van der Waals surface area contributed by atoms with Crippen molar-refractivity contribution in [2.45, 2.75) is 12.7 Å². The lowest BCUT2D eigenvalue weighted by Gasteiger charge is -2.15. The number of ether oxygens (including phenoxy) is 1. The molecular formula is C9H10F2N2O3. The molecule has 0 aliphatic rings. The number of hydrazine groups is 1. The van der Waals surface area contributed by atoms with Crippen LogP contribution < -0.4 is 16.0 Å².